The number of hydrogen-bond donors (Lipinski definition) is 2. The van der Waals surface area contributed by atoms with E-state index in [0.717, 1.165) is 35.8 Å². The Hall–Kier alpha value is -0.720. The van der Waals surface area contributed by atoms with Gasteiger partial charge in [0.25, 0.3) is 0 Å². The summed E-state index contributed by atoms with van der Waals surface area (Å²) in [5.74, 6) is 0.0761. The second-order valence-electron chi connectivity index (χ2n) is 5.97. The highest BCUT2D eigenvalue weighted by atomic mass is 35.5. The van der Waals surface area contributed by atoms with Gasteiger partial charge in [-0.25, -0.2) is 0 Å². The number of amides is 1. The van der Waals surface area contributed by atoms with E-state index in [2.05, 4.69) is 41.6 Å². The summed E-state index contributed by atoms with van der Waals surface area (Å²) in [7, 11) is 0. The number of nitrogens with one attached hydrogen (secondary N) is 2. The van der Waals surface area contributed by atoms with Crippen LogP contribution in [0.15, 0.2) is 0 Å². The molecule has 0 radical (unpaired) electrons. The van der Waals surface area contributed by atoms with E-state index < -0.39 is 0 Å². The van der Waals surface area contributed by atoms with Gasteiger partial charge in [0.2, 0.25) is 5.91 Å². The minimum absolute atomic E-state index is 0. The predicted molar refractivity (Wildman–Crippen MR) is 83.3 cm³/mol. The molecule has 0 saturated carbocycles. The largest absolute Gasteiger partial charge is 0.348 e. The lowest BCUT2D eigenvalue weighted by Crippen LogP contribution is -2.46. The number of carbonyl (C=O) groups is 1. The molecular weight excluding hydrogens is 296 g/mol. The minimum atomic E-state index is -0.0382. The van der Waals surface area contributed by atoms with Gasteiger partial charge in [-0.1, -0.05) is 38.5 Å². The highest BCUT2D eigenvalue weighted by molar-refractivity contribution is 7.11. The molecule has 114 valence electrons. The van der Waals surface area contributed by atoms with Crippen molar-refractivity contribution in [2.24, 2.45) is 0 Å². The Morgan fingerprint density at radius 1 is 1.40 bits per heavy atom. The van der Waals surface area contributed by atoms with E-state index in [1.165, 1.54) is 0 Å². The van der Waals surface area contributed by atoms with Crippen LogP contribution < -0.4 is 10.6 Å². The number of nitrogens with zero attached hydrogens (tertiary/aromatic N) is 2. The second kappa shape index (κ2) is 7.33. The van der Waals surface area contributed by atoms with Crippen molar-refractivity contribution in [1.29, 1.82) is 0 Å². The maximum Gasteiger partial charge on any atom is 0.237 e. The molecular formula is C13H23ClN4OS. The van der Waals surface area contributed by atoms with E-state index in [9.17, 15) is 4.79 Å². The van der Waals surface area contributed by atoms with Crippen molar-refractivity contribution < 1.29 is 4.79 Å². The van der Waals surface area contributed by atoms with Crippen LogP contribution in [0.4, 0.5) is 0 Å². The summed E-state index contributed by atoms with van der Waals surface area (Å²) in [6, 6.07) is -0.0382. The quantitative estimate of drug-likeness (QED) is 0.894. The van der Waals surface area contributed by atoms with Crippen LogP contribution in [-0.4, -0.2) is 28.7 Å². The Morgan fingerprint density at radius 2 is 2.15 bits per heavy atom. The van der Waals surface area contributed by atoms with Crippen LogP contribution >= 0.6 is 23.7 Å². The van der Waals surface area contributed by atoms with E-state index >= 15 is 0 Å². The Bertz CT molecular complexity index is 438. The summed E-state index contributed by atoms with van der Waals surface area (Å²) in [5, 5.41) is 16.4. The number of carbonyl (C=O) groups excluding carboxylic acids is 1. The summed E-state index contributed by atoms with van der Waals surface area (Å²) in [6.07, 6.45) is 3.21. The Balaban J connectivity index is 0.00000200. The molecule has 7 heteroatoms. The topological polar surface area (TPSA) is 66.9 Å². The molecule has 2 heterocycles. The minimum Gasteiger partial charge on any atom is -0.348 e. The number of rotatable bonds is 3. The van der Waals surface area contributed by atoms with E-state index in [1.54, 1.807) is 11.3 Å². The van der Waals surface area contributed by atoms with E-state index in [0.29, 0.717) is 6.54 Å². The maximum atomic E-state index is 12.0. The molecule has 1 atom stereocenters. The van der Waals surface area contributed by atoms with Gasteiger partial charge in [0.05, 0.1) is 12.6 Å². The molecule has 1 saturated heterocycles. The van der Waals surface area contributed by atoms with Crippen LogP contribution in [0.25, 0.3) is 0 Å². The summed E-state index contributed by atoms with van der Waals surface area (Å²) in [5.41, 5.74) is 0.0187. The lowest BCUT2D eigenvalue weighted by Gasteiger charge is -2.22. The first-order valence-electron chi connectivity index (χ1n) is 6.81. The van der Waals surface area contributed by atoms with E-state index in [4.69, 9.17) is 0 Å². The molecule has 1 aromatic heterocycles. The lowest BCUT2D eigenvalue weighted by molar-refractivity contribution is -0.123. The van der Waals surface area contributed by atoms with Crippen molar-refractivity contribution in [3.8, 4) is 0 Å². The van der Waals surface area contributed by atoms with Crippen LogP contribution in [-0.2, 0) is 16.8 Å². The lowest BCUT2D eigenvalue weighted by atomic mass is 9.98. The third kappa shape index (κ3) is 4.68. The van der Waals surface area contributed by atoms with Crippen LogP contribution in [0, 0.1) is 0 Å². The molecule has 1 amide bonds. The molecule has 1 fully saturated rings. The first kappa shape index (κ1) is 17.3. The first-order chi connectivity index (χ1) is 8.97. The third-order valence-electron chi connectivity index (χ3n) is 3.15. The summed E-state index contributed by atoms with van der Waals surface area (Å²) < 4.78 is 0. The van der Waals surface area contributed by atoms with Crippen molar-refractivity contribution in [2.75, 3.05) is 6.54 Å². The van der Waals surface area contributed by atoms with Gasteiger partial charge in [0, 0.05) is 5.41 Å². The second-order valence-corrected chi connectivity index (χ2v) is 7.03. The van der Waals surface area contributed by atoms with Gasteiger partial charge in [0.15, 0.2) is 0 Å². The van der Waals surface area contributed by atoms with E-state index in [1.807, 2.05) is 0 Å². The molecule has 1 aliphatic rings. The average Bonchev–Trinajstić information content (AvgIpc) is 2.86. The van der Waals surface area contributed by atoms with Crippen molar-refractivity contribution in [3.63, 3.8) is 0 Å². The summed E-state index contributed by atoms with van der Waals surface area (Å²) >= 11 is 1.57. The van der Waals surface area contributed by atoms with Gasteiger partial charge in [-0.2, -0.15) is 0 Å². The number of hydrogen-bond acceptors (Lipinski definition) is 5. The van der Waals surface area contributed by atoms with Gasteiger partial charge in [-0.3, -0.25) is 4.79 Å². The van der Waals surface area contributed by atoms with Crippen LogP contribution in [0.1, 0.15) is 50.0 Å². The first-order valence-corrected chi connectivity index (χ1v) is 7.62. The molecule has 20 heavy (non-hydrogen) atoms. The molecule has 1 aliphatic heterocycles. The smallest absolute Gasteiger partial charge is 0.237 e. The van der Waals surface area contributed by atoms with Gasteiger partial charge in [0.1, 0.15) is 10.0 Å². The van der Waals surface area contributed by atoms with Gasteiger partial charge < -0.3 is 10.6 Å². The molecule has 0 spiro atoms. The molecule has 0 aliphatic carbocycles. The number of halogens is 1. The predicted octanol–water partition coefficient (Wildman–Crippen LogP) is 2.02. The normalized spacial score (nSPS) is 19.2. The standard InChI is InChI=1S/C13H22N4OS.ClH/c1-13(2,3)12-17-16-10(19-12)8-15-11(18)9-6-4-5-7-14-9;/h9,14H,4-8H2,1-3H3,(H,15,18);1H. The molecule has 5 nitrogen and oxygen atoms in total. The fraction of sp³-hybridized carbons (Fsp3) is 0.769. The zero-order valence-corrected chi connectivity index (χ0v) is 13.9. The molecule has 1 unspecified atom stereocenters. The Kier molecular flexibility index (Phi) is 6.36. The Labute approximate surface area is 130 Å². The molecule has 2 rings (SSSR count). The zero-order valence-electron chi connectivity index (χ0n) is 12.2. The van der Waals surface area contributed by atoms with Crippen molar-refractivity contribution in [1.82, 2.24) is 20.8 Å². The SMILES string of the molecule is CC(C)(C)c1nnc(CNC(=O)C2CCCCN2)s1.Cl. The fourth-order valence-electron chi connectivity index (χ4n) is 1.99. The highest BCUT2D eigenvalue weighted by Crippen LogP contribution is 2.25. The highest BCUT2D eigenvalue weighted by Gasteiger charge is 2.22. The summed E-state index contributed by atoms with van der Waals surface area (Å²) in [4.78, 5) is 12.0. The number of piperidine rings is 1. The van der Waals surface area contributed by atoms with Crippen LogP contribution in [0.5, 0.6) is 0 Å². The van der Waals surface area contributed by atoms with Crippen LogP contribution in [0.2, 0.25) is 0 Å². The maximum absolute atomic E-state index is 12.0. The average molecular weight is 319 g/mol. The van der Waals surface area contributed by atoms with Gasteiger partial charge >= 0.3 is 0 Å². The third-order valence-corrected chi connectivity index (χ3v) is 4.50. The van der Waals surface area contributed by atoms with Gasteiger partial charge in [-0.15, -0.1) is 22.6 Å². The van der Waals surface area contributed by atoms with Crippen molar-refractivity contribution >= 4 is 29.7 Å². The van der Waals surface area contributed by atoms with Crippen molar-refractivity contribution in [2.45, 2.75) is 58.0 Å². The fourth-order valence-corrected chi connectivity index (χ4v) is 2.83. The zero-order chi connectivity index (χ0) is 13.9. The molecule has 0 bridgehead atoms. The molecule has 2 N–H and O–H groups in total. The van der Waals surface area contributed by atoms with Crippen LogP contribution in [0.3, 0.4) is 0 Å². The number of aromatic nitrogens is 2. The van der Waals surface area contributed by atoms with Gasteiger partial charge in [-0.05, 0) is 19.4 Å². The van der Waals surface area contributed by atoms with Crippen molar-refractivity contribution in [3.05, 3.63) is 10.0 Å². The summed E-state index contributed by atoms with van der Waals surface area (Å²) in [6.45, 7) is 7.75. The van der Waals surface area contributed by atoms with E-state index in [-0.39, 0.29) is 29.8 Å². The monoisotopic (exact) mass is 318 g/mol. The molecule has 0 aromatic carbocycles. The Morgan fingerprint density at radius 3 is 2.70 bits per heavy atom. The molecule has 1 aromatic rings.